The molecule has 8 heteroatoms. The normalized spacial score (nSPS) is 14.8. The van der Waals surface area contributed by atoms with Crippen molar-refractivity contribution >= 4 is 40.8 Å². The van der Waals surface area contributed by atoms with Gasteiger partial charge in [-0.15, -0.1) is 0 Å². The van der Waals surface area contributed by atoms with Crippen molar-refractivity contribution in [2.45, 2.75) is 38.6 Å². The fourth-order valence-corrected chi connectivity index (χ4v) is 3.15. The lowest BCUT2D eigenvalue weighted by Crippen LogP contribution is -2.47. The fourth-order valence-electron chi connectivity index (χ4n) is 2.69. The summed E-state index contributed by atoms with van der Waals surface area (Å²) in [6, 6.07) is 4.86. The second kappa shape index (κ2) is 9.78. The van der Waals surface area contributed by atoms with Crippen molar-refractivity contribution < 1.29 is 19.1 Å². The summed E-state index contributed by atoms with van der Waals surface area (Å²) >= 11 is 11.8. The lowest BCUT2D eigenvalue weighted by Gasteiger charge is -2.32. The fraction of sp³-hybridized carbons (Fsp3) is 0.500. The quantitative estimate of drug-likeness (QED) is 0.763. The molecule has 6 nitrogen and oxygen atoms in total. The van der Waals surface area contributed by atoms with Gasteiger partial charge >= 0.3 is 0 Å². The van der Waals surface area contributed by atoms with E-state index in [9.17, 15) is 14.4 Å². The van der Waals surface area contributed by atoms with Gasteiger partial charge in [-0.3, -0.25) is 9.59 Å². The van der Waals surface area contributed by atoms with E-state index in [0.29, 0.717) is 41.7 Å². The van der Waals surface area contributed by atoms with E-state index in [1.807, 2.05) is 0 Å². The van der Waals surface area contributed by atoms with Crippen LogP contribution in [0.4, 0.5) is 0 Å². The highest BCUT2D eigenvalue weighted by Gasteiger charge is 2.24. The number of nitrogens with zero attached hydrogens (tertiary/aromatic N) is 1. The Morgan fingerprint density at radius 3 is 2.50 bits per heavy atom. The molecule has 0 unspecified atom stereocenters. The van der Waals surface area contributed by atoms with Crippen molar-refractivity contribution in [2.75, 3.05) is 19.7 Å². The van der Waals surface area contributed by atoms with Crippen LogP contribution in [0, 0.1) is 0 Å². The van der Waals surface area contributed by atoms with Gasteiger partial charge in [-0.1, -0.05) is 23.2 Å². The molecule has 0 aliphatic carbocycles. The van der Waals surface area contributed by atoms with Gasteiger partial charge in [0, 0.05) is 37.0 Å². The number of carbonyl (C=O) groups excluding carboxylic acids is 3. The highest BCUT2D eigenvalue weighted by atomic mass is 35.5. The van der Waals surface area contributed by atoms with Gasteiger partial charge in [-0.05, 0) is 38.0 Å². The van der Waals surface area contributed by atoms with Crippen LogP contribution in [0.2, 0.25) is 10.0 Å². The smallest absolute Gasteiger partial charge is 0.260 e. The van der Waals surface area contributed by atoms with E-state index in [2.05, 4.69) is 5.32 Å². The molecule has 142 valence electrons. The predicted molar refractivity (Wildman–Crippen MR) is 99.6 cm³/mol. The van der Waals surface area contributed by atoms with E-state index >= 15 is 0 Å². The number of ether oxygens (including phenoxy) is 1. The average Bonchev–Trinajstić information content (AvgIpc) is 2.59. The molecule has 0 saturated carbocycles. The largest absolute Gasteiger partial charge is 0.482 e. The lowest BCUT2D eigenvalue weighted by molar-refractivity contribution is -0.134. The van der Waals surface area contributed by atoms with Gasteiger partial charge in [-0.2, -0.15) is 0 Å². The zero-order valence-electron chi connectivity index (χ0n) is 14.6. The Hall–Kier alpha value is -1.79. The zero-order valence-corrected chi connectivity index (χ0v) is 16.1. The van der Waals surface area contributed by atoms with Crippen LogP contribution >= 0.6 is 23.2 Å². The third kappa shape index (κ3) is 6.50. The minimum absolute atomic E-state index is 0.00126. The van der Waals surface area contributed by atoms with Gasteiger partial charge in [0.15, 0.2) is 6.61 Å². The number of halogens is 2. The Bertz CT molecular complexity index is 673. The summed E-state index contributed by atoms with van der Waals surface area (Å²) in [6.07, 6.45) is 1.83. The molecule has 2 rings (SSSR count). The van der Waals surface area contributed by atoms with E-state index in [1.165, 1.54) is 6.92 Å². The standard InChI is InChI=1S/C18H22Cl2N2O4/c1-12(23)2-5-17(24)21-14-6-8-22(9-7-14)18(25)11-26-16-4-3-13(19)10-15(16)20/h3-4,10,14H,2,5-9,11H2,1H3,(H,21,24). The molecule has 1 aliphatic heterocycles. The number of rotatable bonds is 7. The topological polar surface area (TPSA) is 75.7 Å². The van der Waals surface area contributed by atoms with E-state index in [1.54, 1.807) is 23.1 Å². The molecule has 1 fully saturated rings. The minimum Gasteiger partial charge on any atom is -0.482 e. The molecular formula is C18H22Cl2N2O4. The molecule has 0 radical (unpaired) electrons. The molecule has 1 heterocycles. The first-order chi connectivity index (χ1) is 12.3. The average molecular weight is 401 g/mol. The van der Waals surface area contributed by atoms with Crippen molar-refractivity contribution in [2.24, 2.45) is 0 Å². The predicted octanol–water partition coefficient (Wildman–Crippen LogP) is 2.85. The summed E-state index contributed by atoms with van der Waals surface area (Å²) in [6.45, 7) is 2.47. The summed E-state index contributed by atoms with van der Waals surface area (Å²) in [7, 11) is 0. The molecule has 26 heavy (non-hydrogen) atoms. The van der Waals surface area contributed by atoms with Crippen molar-refractivity contribution in [3.05, 3.63) is 28.2 Å². The first-order valence-corrected chi connectivity index (χ1v) is 9.25. The molecule has 0 bridgehead atoms. The van der Waals surface area contributed by atoms with Gasteiger partial charge < -0.3 is 19.7 Å². The monoisotopic (exact) mass is 400 g/mol. The molecule has 2 amide bonds. The van der Waals surface area contributed by atoms with Crippen molar-refractivity contribution in [1.29, 1.82) is 0 Å². The maximum atomic E-state index is 12.3. The van der Waals surface area contributed by atoms with E-state index in [0.717, 1.165) is 0 Å². The third-order valence-corrected chi connectivity index (χ3v) is 4.69. The van der Waals surface area contributed by atoms with Crippen LogP contribution in [0.3, 0.4) is 0 Å². The highest BCUT2D eigenvalue weighted by molar-refractivity contribution is 6.35. The summed E-state index contributed by atoms with van der Waals surface area (Å²) in [4.78, 5) is 36.6. The summed E-state index contributed by atoms with van der Waals surface area (Å²) in [5.74, 6) is 0.168. The molecular weight excluding hydrogens is 379 g/mol. The van der Waals surface area contributed by atoms with Gasteiger partial charge in [-0.25, -0.2) is 0 Å². The Kier molecular flexibility index (Phi) is 7.72. The molecule has 1 aromatic carbocycles. The molecule has 0 atom stereocenters. The highest BCUT2D eigenvalue weighted by Crippen LogP contribution is 2.27. The second-order valence-corrected chi connectivity index (χ2v) is 7.13. The minimum atomic E-state index is -0.127. The molecule has 0 spiro atoms. The Balaban J connectivity index is 1.72. The lowest BCUT2D eigenvalue weighted by atomic mass is 10.0. The molecule has 1 aliphatic rings. The summed E-state index contributed by atoms with van der Waals surface area (Å²) in [5, 5.41) is 3.77. The van der Waals surface area contributed by atoms with Crippen LogP contribution in [-0.2, 0) is 14.4 Å². The maximum absolute atomic E-state index is 12.3. The van der Waals surface area contributed by atoms with Crippen LogP contribution in [0.1, 0.15) is 32.6 Å². The number of carbonyl (C=O) groups is 3. The molecule has 1 aromatic rings. The van der Waals surface area contributed by atoms with Crippen LogP contribution < -0.4 is 10.1 Å². The number of amides is 2. The van der Waals surface area contributed by atoms with Crippen LogP contribution in [0.25, 0.3) is 0 Å². The van der Waals surface area contributed by atoms with Crippen LogP contribution in [-0.4, -0.2) is 48.2 Å². The zero-order chi connectivity index (χ0) is 19.1. The maximum Gasteiger partial charge on any atom is 0.260 e. The van der Waals surface area contributed by atoms with Crippen molar-refractivity contribution in [3.8, 4) is 5.75 Å². The first-order valence-electron chi connectivity index (χ1n) is 8.49. The van der Waals surface area contributed by atoms with Crippen molar-refractivity contribution in [3.63, 3.8) is 0 Å². The molecule has 0 aromatic heterocycles. The molecule has 1 saturated heterocycles. The van der Waals surface area contributed by atoms with Gasteiger partial charge in [0.1, 0.15) is 11.5 Å². The Morgan fingerprint density at radius 2 is 1.88 bits per heavy atom. The van der Waals surface area contributed by atoms with Crippen LogP contribution in [0.15, 0.2) is 18.2 Å². The Labute approximate surface area is 162 Å². The number of piperidine rings is 1. The number of Topliss-reactive ketones (excluding diaryl/α,β-unsaturated/α-hetero) is 1. The number of likely N-dealkylation sites (tertiary alicyclic amines) is 1. The van der Waals surface area contributed by atoms with E-state index < -0.39 is 0 Å². The van der Waals surface area contributed by atoms with Gasteiger partial charge in [0.2, 0.25) is 5.91 Å². The van der Waals surface area contributed by atoms with Crippen LogP contribution in [0.5, 0.6) is 5.75 Å². The second-order valence-electron chi connectivity index (χ2n) is 6.29. The summed E-state index contributed by atoms with van der Waals surface area (Å²) in [5.41, 5.74) is 0. The number of nitrogens with one attached hydrogen (secondary N) is 1. The first kappa shape index (κ1) is 20.5. The van der Waals surface area contributed by atoms with Gasteiger partial charge in [0.25, 0.3) is 5.91 Å². The van der Waals surface area contributed by atoms with E-state index in [-0.39, 0.29) is 43.1 Å². The molecule has 1 N–H and O–H groups in total. The van der Waals surface area contributed by atoms with E-state index in [4.69, 9.17) is 27.9 Å². The van der Waals surface area contributed by atoms with Gasteiger partial charge in [0.05, 0.1) is 5.02 Å². The number of benzene rings is 1. The third-order valence-electron chi connectivity index (χ3n) is 4.16. The van der Waals surface area contributed by atoms with Crippen molar-refractivity contribution in [1.82, 2.24) is 10.2 Å². The number of hydrogen-bond donors (Lipinski definition) is 1. The SMILES string of the molecule is CC(=O)CCC(=O)NC1CCN(C(=O)COc2ccc(Cl)cc2Cl)CC1. The summed E-state index contributed by atoms with van der Waals surface area (Å²) < 4.78 is 5.47. The number of ketones is 1. The Morgan fingerprint density at radius 1 is 1.19 bits per heavy atom. The number of hydrogen-bond acceptors (Lipinski definition) is 4.